The Balaban J connectivity index is 1.44. The number of fused-ring (bicyclic) bond motifs is 5. The Morgan fingerprint density at radius 2 is 1.85 bits per heavy atom. The van der Waals surface area contributed by atoms with Gasteiger partial charge in [-0.25, -0.2) is 0 Å². The summed E-state index contributed by atoms with van der Waals surface area (Å²) in [6.07, 6.45) is 13.2. The van der Waals surface area contributed by atoms with E-state index in [0.29, 0.717) is 23.2 Å². The summed E-state index contributed by atoms with van der Waals surface area (Å²) in [5.74, 6) is 2.85. The van der Waals surface area contributed by atoms with Crippen LogP contribution in [0.5, 0.6) is 0 Å². The van der Waals surface area contributed by atoms with Crippen molar-refractivity contribution in [1.29, 1.82) is 0 Å². The van der Waals surface area contributed by atoms with Gasteiger partial charge >= 0.3 is 5.97 Å². The molecule has 3 nitrogen and oxygen atoms in total. The molecule has 1 saturated heterocycles. The maximum absolute atomic E-state index is 11.9. The Hall–Kier alpha value is -0.830. The molecule has 0 aromatic rings. The summed E-state index contributed by atoms with van der Waals surface area (Å²) in [7, 11) is 0. The van der Waals surface area contributed by atoms with Crippen LogP contribution < -0.4 is 0 Å². The Bertz CT molecular complexity index is 683. The zero-order valence-electron chi connectivity index (χ0n) is 17.3. The monoisotopic (exact) mass is 372 g/mol. The van der Waals surface area contributed by atoms with E-state index in [2.05, 4.69) is 26.8 Å². The van der Waals surface area contributed by atoms with Gasteiger partial charge in [0.15, 0.2) is 0 Å². The van der Waals surface area contributed by atoms with Gasteiger partial charge in [-0.2, -0.15) is 0 Å². The minimum atomic E-state index is -0.234. The van der Waals surface area contributed by atoms with Crippen molar-refractivity contribution >= 4 is 5.97 Å². The molecule has 0 aromatic carbocycles. The molecule has 3 heteroatoms. The van der Waals surface area contributed by atoms with Crippen LogP contribution in [-0.4, -0.2) is 22.8 Å². The van der Waals surface area contributed by atoms with Gasteiger partial charge in [-0.05, 0) is 93.3 Å². The van der Waals surface area contributed by atoms with Crippen LogP contribution in [0.2, 0.25) is 0 Å². The van der Waals surface area contributed by atoms with Gasteiger partial charge in [0.1, 0.15) is 5.60 Å². The molecule has 0 spiro atoms. The van der Waals surface area contributed by atoms with E-state index in [-0.39, 0.29) is 17.7 Å². The van der Waals surface area contributed by atoms with Crippen molar-refractivity contribution in [2.45, 2.75) is 96.7 Å². The number of aliphatic hydroxyl groups is 1. The number of rotatable bonds is 1. The van der Waals surface area contributed by atoms with E-state index >= 15 is 0 Å². The van der Waals surface area contributed by atoms with Crippen LogP contribution in [0, 0.1) is 34.5 Å². The third-order valence-electron chi connectivity index (χ3n) is 9.99. The molecule has 1 heterocycles. The summed E-state index contributed by atoms with van der Waals surface area (Å²) in [5, 5.41) is 10.2. The summed E-state index contributed by atoms with van der Waals surface area (Å²) in [6, 6.07) is 0. The van der Waals surface area contributed by atoms with Gasteiger partial charge in [0.05, 0.1) is 6.10 Å². The number of carbonyl (C=O) groups is 1. The predicted octanol–water partition coefficient (Wildman–Crippen LogP) is 5.02. The lowest BCUT2D eigenvalue weighted by atomic mass is 9.46. The Labute approximate surface area is 163 Å². The summed E-state index contributed by atoms with van der Waals surface area (Å²) >= 11 is 0. The lowest BCUT2D eigenvalue weighted by molar-refractivity contribution is -0.158. The van der Waals surface area contributed by atoms with Crippen LogP contribution in [0.4, 0.5) is 0 Å². The summed E-state index contributed by atoms with van der Waals surface area (Å²) in [5.41, 5.74) is 1.95. The van der Waals surface area contributed by atoms with Gasteiger partial charge in [0, 0.05) is 12.3 Å². The number of esters is 1. The van der Waals surface area contributed by atoms with Crippen LogP contribution in [0.1, 0.15) is 85.0 Å². The summed E-state index contributed by atoms with van der Waals surface area (Å²) in [6.45, 7) is 7.23. The molecule has 150 valence electrons. The van der Waals surface area contributed by atoms with Gasteiger partial charge in [0.25, 0.3) is 0 Å². The van der Waals surface area contributed by atoms with Crippen LogP contribution >= 0.6 is 0 Å². The van der Waals surface area contributed by atoms with E-state index in [0.717, 1.165) is 43.4 Å². The van der Waals surface area contributed by atoms with Crippen LogP contribution in [-0.2, 0) is 9.53 Å². The third kappa shape index (κ3) is 2.46. The normalized spacial score (nSPS) is 54.6. The molecule has 1 unspecified atom stereocenters. The zero-order valence-corrected chi connectivity index (χ0v) is 17.3. The molecule has 5 rings (SSSR count). The molecule has 0 aromatic heterocycles. The molecule has 4 fully saturated rings. The number of aliphatic hydroxyl groups excluding tert-OH is 1. The maximum Gasteiger partial charge on any atom is 0.306 e. The highest BCUT2D eigenvalue weighted by atomic mass is 16.6. The molecule has 8 atom stereocenters. The van der Waals surface area contributed by atoms with E-state index in [4.69, 9.17) is 4.74 Å². The molecular weight excluding hydrogens is 336 g/mol. The first-order valence-corrected chi connectivity index (χ1v) is 11.4. The van der Waals surface area contributed by atoms with Crippen LogP contribution in [0.15, 0.2) is 11.6 Å². The molecule has 4 aliphatic carbocycles. The van der Waals surface area contributed by atoms with Crippen LogP contribution in [0.3, 0.4) is 0 Å². The fourth-order valence-corrected chi connectivity index (χ4v) is 8.60. The average molecular weight is 373 g/mol. The number of ether oxygens (including phenoxy) is 1. The largest absolute Gasteiger partial charge is 0.459 e. The lowest BCUT2D eigenvalue weighted by Gasteiger charge is -2.58. The van der Waals surface area contributed by atoms with Gasteiger partial charge < -0.3 is 9.84 Å². The molecule has 0 radical (unpaired) electrons. The van der Waals surface area contributed by atoms with Gasteiger partial charge in [-0.15, -0.1) is 0 Å². The minimum absolute atomic E-state index is 0.0109. The van der Waals surface area contributed by atoms with Crippen LogP contribution in [0.25, 0.3) is 0 Å². The highest BCUT2D eigenvalue weighted by molar-refractivity contribution is 5.72. The van der Waals surface area contributed by atoms with Crippen molar-refractivity contribution in [2.75, 3.05) is 0 Å². The van der Waals surface area contributed by atoms with Gasteiger partial charge in [0.2, 0.25) is 0 Å². The Kier molecular flexibility index (Phi) is 3.94. The quantitative estimate of drug-likeness (QED) is 0.519. The second-order valence-electron chi connectivity index (χ2n) is 11.1. The van der Waals surface area contributed by atoms with Crippen molar-refractivity contribution in [3.63, 3.8) is 0 Å². The maximum atomic E-state index is 11.9. The fourth-order valence-electron chi connectivity index (χ4n) is 8.60. The van der Waals surface area contributed by atoms with Crippen molar-refractivity contribution in [2.24, 2.45) is 34.5 Å². The number of cyclic esters (lactones) is 1. The van der Waals surface area contributed by atoms with Crippen molar-refractivity contribution in [1.82, 2.24) is 0 Å². The number of carbonyl (C=O) groups excluding carboxylic acids is 1. The molecule has 3 saturated carbocycles. The fraction of sp³-hybridized carbons (Fsp3) is 0.875. The van der Waals surface area contributed by atoms with E-state index in [1.165, 1.54) is 32.1 Å². The first-order chi connectivity index (χ1) is 12.8. The molecular formula is C24H36O3. The standard InChI is InChI=1S/C24H36O3/c1-22-11-8-16(25)14-15(22)4-5-17-18-6-7-20(23(18,2)12-9-19(17)22)24(3)13-10-21(26)27-24/h4,16-20,25H,5-14H2,1-3H3/t16?,17-,18-,19-,20-,22-,23-,24-/m0/s1. The predicted molar refractivity (Wildman–Crippen MR) is 105 cm³/mol. The second-order valence-corrected chi connectivity index (χ2v) is 11.1. The van der Waals surface area contributed by atoms with E-state index in [9.17, 15) is 9.90 Å². The topological polar surface area (TPSA) is 46.5 Å². The van der Waals surface area contributed by atoms with Crippen molar-refractivity contribution in [3.8, 4) is 0 Å². The molecule has 1 N–H and O–H groups in total. The number of allylic oxidation sites excluding steroid dienone is 1. The van der Waals surface area contributed by atoms with E-state index < -0.39 is 0 Å². The molecule has 27 heavy (non-hydrogen) atoms. The van der Waals surface area contributed by atoms with Crippen molar-refractivity contribution in [3.05, 3.63) is 11.6 Å². The van der Waals surface area contributed by atoms with Gasteiger partial charge in [-0.1, -0.05) is 25.5 Å². The molecule has 5 aliphatic rings. The minimum Gasteiger partial charge on any atom is -0.459 e. The zero-order chi connectivity index (χ0) is 19.0. The lowest BCUT2D eigenvalue weighted by Crippen LogP contribution is -2.53. The molecule has 0 bridgehead atoms. The smallest absolute Gasteiger partial charge is 0.306 e. The third-order valence-corrected chi connectivity index (χ3v) is 9.99. The Morgan fingerprint density at radius 3 is 2.59 bits per heavy atom. The molecule has 1 aliphatic heterocycles. The number of hydrogen-bond acceptors (Lipinski definition) is 3. The highest BCUT2D eigenvalue weighted by Crippen LogP contribution is 2.68. The van der Waals surface area contributed by atoms with E-state index in [1.54, 1.807) is 5.57 Å². The van der Waals surface area contributed by atoms with Crippen molar-refractivity contribution < 1.29 is 14.6 Å². The summed E-state index contributed by atoms with van der Waals surface area (Å²) < 4.78 is 5.92. The first-order valence-electron chi connectivity index (χ1n) is 11.4. The highest BCUT2D eigenvalue weighted by Gasteiger charge is 2.62. The second kappa shape index (κ2) is 5.84. The SMILES string of the molecule is C[C@]12CC[C@H]3[C@@H](CC=C4CC(O)CC[C@@]43C)[C@@H]1CC[C@@H]2[C@]1(C)CCC(=O)O1. The summed E-state index contributed by atoms with van der Waals surface area (Å²) in [4.78, 5) is 11.9. The Morgan fingerprint density at radius 1 is 1.04 bits per heavy atom. The van der Waals surface area contributed by atoms with E-state index in [1.807, 2.05) is 0 Å². The average Bonchev–Trinajstić information content (AvgIpc) is 3.15. The first kappa shape index (κ1) is 18.2. The van der Waals surface area contributed by atoms with Gasteiger partial charge in [-0.3, -0.25) is 4.79 Å². The number of hydrogen-bond donors (Lipinski definition) is 1. The molecule has 0 amide bonds.